The molecule has 2 aromatic heterocycles. The van der Waals surface area contributed by atoms with Crippen molar-refractivity contribution in [3.63, 3.8) is 0 Å². The molecule has 9 heteroatoms. The molecule has 3 aromatic rings. The van der Waals surface area contributed by atoms with Crippen LogP contribution in [0.15, 0.2) is 38.5 Å². The van der Waals surface area contributed by atoms with Crippen molar-refractivity contribution in [1.82, 2.24) is 0 Å². The topological polar surface area (TPSA) is 69.0 Å². The van der Waals surface area contributed by atoms with Gasteiger partial charge in [-0.1, -0.05) is 11.6 Å². The Bertz CT molecular complexity index is 1030. The Labute approximate surface area is 185 Å². The summed E-state index contributed by atoms with van der Waals surface area (Å²) in [4.78, 5) is 27.9. The number of ketones is 1. The molecule has 0 aliphatic rings. The Morgan fingerprint density at radius 3 is 2.72 bits per heavy atom. The fraction of sp³-hybridized carbons (Fsp3) is 0.300. The molecule has 0 bridgehead atoms. The lowest BCUT2D eigenvalue weighted by Crippen LogP contribution is -2.34. The van der Waals surface area contributed by atoms with Gasteiger partial charge in [0, 0.05) is 30.7 Å². The van der Waals surface area contributed by atoms with Crippen molar-refractivity contribution in [3.8, 4) is 0 Å². The van der Waals surface area contributed by atoms with Crippen molar-refractivity contribution >= 4 is 67.4 Å². The van der Waals surface area contributed by atoms with Crippen LogP contribution in [-0.2, 0) is 9.47 Å². The molecule has 1 aromatic carbocycles. The number of furan rings is 1. The number of anilines is 1. The van der Waals surface area contributed by atoms with Gasteiger partial charge in [0.15, 0.2) is 0 Å². The second-order valence-electron chi connectivity index (χ2n) is 6.05. The Kier molecular flexibility index (Phi) is 7.34. The Morgan fingerprint density at radius 1 is 1.28 bits per heavy atom. The van der Waals surface area contributed by atoms with E-state index in [0.29, 0.717) is 46.1 Å². The number of nitrogens with zero attached hydrogens (tertiary/aromatic N) is 1. The van der Waals surface area contributed by atoms with Crippen LogP contribution in [0.2, 0.25) is 5.02 Å². The smallest absolute Gasteiger partial charge is 0.414 e. The maximum absolute atomic E-state index is 13.2. The summed E-state index contributed by atoms with van der Waals surface area (Å²) in [6, 6.07) is 8.53. The van der Waals surface area contributed by atoms with Crippen LogP contribution in [0.25, 0.3) is 11.0 Å². The molecule has 29 heavy (non-hydrogen) atoms. The van der Waals surface area contributed by atoms with Gasteiger partial charge < -0.3 is 13.9 Å². The highest BCUT2D eigenvalue weighted by molar-refractivity contribution is 9.11. The highest BCUT2D eigenvalue weighted by Gasteiger charge is 2.30. The van der Waals surface area contributed by atoms with Crippen LogP contribution in [0.3, 0.4) is 0 Å². The molecule has 0 saturated carbocycles. The number of fused-ring (bicyclic) bond motifs is 1. The number of thiophene rings is 1. The number of ether oxygens (including phenoxy) is 2. The third-order valence-electron chi connectivity index (χ3n) is 4.12. The summed E-state index contributed by atoms with van der Waals surface area (Å²) >= 11 is 10.8. The quantitative estimate of drug-likeness (QED) is 0.274. The number of benzene rings is 1. The van der Waals surface area contributed by atoms with Gasteiger partial charge >= 0.3 is 6.09 Å². The first-order chi connectivity index (χ1) is 14.0. The number of hydrogen-bond acceptors (Lipinski definition) is 6. The number of carbonyl (C=O) groups is 2. The molecule has 0 N–H and O–H groups in total. The van der Waals surface area contributed by atoms with Crippen molar-refractivity contribution < 1.29 is 23.5 Å². The van der Waals surface area contributed by atoms with Gasteiger partial charge in [0.1, 0.15) is 11.3 Å². The fourth-order valence-corrected chi connectivity index (χ4v) is 4.38. The summed E-state index contributed by atoms with van der Waals surface area (Å²) < 4.78 is 17.1. The van der Waals surface area contributed by atoms with E-state index in [0.717, 1.165) is 3.79 Å². The molecule has 3 rings (SSSR count). The van der Waals surface area contributed by atoms with Crippen LogP contribution >= 0.6 is 38.9 Å². The highest BCUT2D eigenvalue weighted by Crippen LogP contribution is 2.38. The number of hydrogen-bond donors (Lipinski definition) is 0. The number of rotatable bonds is 8. The fourth-order valence-electron chi connectivity index (χ4n) is 2.89. The zero-order valence-corrected chi connectivity index (χ0v) is 19.0. The number of carbonyl (C=O) groups excluding carboxylic acids is 2. The first kappa shape index (κ1) is 21.8. The van der Waals surface area contributed by atoms with E-state index in [4.69, 9.17) is 25.5 Å². The summed E-state index contributed by atoms with van der Waals surface area (Å²) in [6.07, 6.45) is -0.00604. The van der Waals surface area contributed by atoms with Crippen molar-refractivity contribution in [2.24, 2.45) is 0 Å². The predicted molar refractivity (Wildman–Crippen MR) is 118 cm³/mol. The molecule has 0 radical (unpaired) electrons. The average molecular weight is 501 g/mol. The minimum absolute atomic E-state index is 0.0714. The lowest BCUT2D eigenvalue weighted by Gasteiger charge is -2.21. The van der Waals surface area contributed by atoms with Gasteiger partial charge in [-0.3, -0.25) is 9.69 Å². The first-order valence-electron chi connectivity index (χ1n) is 8.91. The normalized spacial score (nSPS) is 11.0. The molecule has 0 aliphatic carbocycles. The van der Waals surface area contributed by atoms with Crippen LogP contribution in [0, 0.1) is 0 Å². The zero-order valence-electron chi connectivity index (χ0n) is 15.9. The molecule has 2 heterocycles. The van der Waals surface area contributed by atoms with E-state index in [2.05, 4.69) is 15.9 Å². The average Bonchev–Trinajstić information content (AvgIpc) is 3.28. The molecule has 0 unspecified atom stereocenters. The molecule has 0 saturated heterocycles. The lowest BCUT2D eigenvalue weighted by atomic mass is 10.1. The van der Waals surface area contributed by atoms with Crippen LogP contribution in [0.4, 0.5) is 10.5 Å². The Balaban J connectivity index is 2.16. The minimum Gasteiger partial charge on any atom is -0.450 e. The molecule has 0 fully saturated rings. The summed E-state index contributed by atoms with van der Waals surface area (Å²) in [5, 5.41) is 1.04. The zero-order chi connectivity index (χ0) is 21.0. The Morgan fingerprint density at radius 2 is 2.07 bits per heavy atom. The standard InChI is InChI=1S/C20H19BrClNO5S/c1-3-27-20(25)23(9-4-10-26-2)17-13-11-12(22)5-6-14(13)28-19(17)18(24)15-7-8-16(21)29-15/h5-8,11H,3-4,9-10H2,1-2H3. The van der Waals surface area contributed by atoms with Crippen LogP contribution < -0.4 is 4.90 Å². The van der Waals surface area contributed by atoms with Crippen molar-refractivity contribution in [3.05, 3.63) is 49.8 Å². The summed E-state index contributed by atoms with van der Waals surface area (Å²) in [5.74, 6) is -0.244. The molecule has 1 amide bonds. The molecular weight excluding hydrogens is 482 g/mol. The van der Waals surface area contributed by atoms with Gasteiger partial charge in [-0.25, -0.2) is 4.79 Å². The molecular formula is C20H19BrClNO5S. The van der Waals surface area contributed by atoms with Crippen molar-refractivity contribution in [1.29, 1.82) is 0 Å². The van der Waals surface area contributed by atoms with E-state index in [1.165, 1.54) is 16.2 Å². The van der Waals surface area contributed by atoms with Gasteiger partial charge in [-0.2, -0.15) is 0 Å². The van der Waals surface area contributed by atoms with Crippen LogP contribution in [-0.4, -0.2) is 38.7 Å². The minimum atomic E-state index is -0.562. The van der Waals surface area contributed by atoms with Crippen LogP contribution in [0.5, 0.6) is 0 Å². The number of halogens is 2. The maximum Gasteiger partial charge on any atom is 0.414 e. The number of methoxy groups -OCH3 is 1. The lowest BCUT2D eigenvalue weighted by molar-refractivity contribution is 0.102. The second kappa shape index (κ2) is 9.75. The Hall–Kier alpha value is -1.87. The van der Waals surface area contributed by atoms with E-state index in [9.17, 15) is 9.59 Å². The largest absolute Gasteiger partial charge is 0.450 e. The molecule has 0 aliphatic heterocycles. The molecule has 6 nitrogen and oxygen atoms in total. The van der Waals surface area contributed by atoms with Gasteiger partial charge in [0.2, 0.25) is 11.5 Å². The summed E-state index contributed by atoms with van der Waals surface area (Å²) in [7, 11) is 1.59. The van der Waals surface area contributed by atoms with Gasteiger partial charge in [0.25, 0.3) is 0 Å². The molecule has 0 atom stereocenters. The first-order valence-corrected chi connectivity index (χ1v) is 10.9. The summed E-state index contributed by atoms with van der Waals surface area (Å²) in [5.41, 5.74) is 0.816. The van der Waals surface area contributed by atoms with Gasteiger partial charge in [0.05, 0.1) is 15.3 Å². The van der Waals surface area contributed by atoms with E-state index in [1.54, 1.807) is 44.4 Å². The summed E-state index contributed by atoms with van der Waals surface area (Å²) in [6.45, 7) is 2.68. The second-order valence-corrected chi connectivity index (χ2v) is 8.95. The SMILES string of the molecule is CCOC(=O)N(CCCOC)c1c(C(=O)c2ccc(Br)s2)oc2ccc(Cl)cc12. The monoisotopic (exact) mass is 499 g/mol. The third-order valence-corrected chi connectivity index (χ3v) is 5.97. The van der Waals surface area contributed by atoms with Gasteiger partial charge in [-0.15, -0.1) is 11.3 Å². The molecule has 154 valence electrons. The maximum atomic E-state index is 13.2. The van der Waals surface area contributed by atoms with Crippen molar-refractivity contribution in [2.75, 3.05) is 31.8 Å². The van der Waals surface area contributed by atoms with E-state index >= 15 is 0 Å². The van der Waals surface area contributed by atoms with E-state index in [-0.39, 0.29) is 18.2 Å². The highest BCUT2D eigenvalue weighted by atomic mass is 79.9. The van der Waals surface area contributed by atoms with Crippen LogP contribution in [0.1, 0.15) is 28.8 Å². The molecule has 0 spiro atoms. The van der Waals surface area contributed by atoms with E-state index in [1.807, 2.05) is 0 Å². The number of amides is 1. The third kappa shape index (κ3) is 4.83. The van der Waals surface area contributed by atoms with Gasteiger partial charge in [-0.05, 0) is 59.6 Å². The van der Waals surface area contributed by atoms with E-state index < -0.39 is 6.09 Å². The predicted octanol–water partition coefficient (Wildman–Crippen LogP) is 6.14. The van der Waals surface area contributed by atoms with Crippen molar-refractivity contribution in [2.45, 2.75) is 13.3 Å².